The molecule has 0 saturated heterocycles. The number of nitrogens with zero attached hydrogens (tertiary/aromatic N) is 1. The molecule has 9 nitrogen and oxygen atoms in total. The lowest BCUT2D eigenvalue weighted by Gasteiger charge is -2.12. The zero-order valence-corrected chi connectivity index (χ0v) is 21.5. The number of methoxy groups -OCH3 is 1. The third-order valence-electron chi connectivity index (χ3n) is 5.64. The van der Waals surface area contributed by atoms with Crippen LogP contribution in [0.2, 0.25) is 0 Å². The van der Waals surface area contributed by atoms with E-state index in [2.05, 4.69) is 21.2 Å². The van der Waals surface area contributed by atoms with Crippen molar-refractivity contribution < 1.29 is 23.9 Å². The summed E-state index contributed by atoms with van der Waals surface area (Å²) >= 11 is 0. The van der Waals surface area contributed by atoms with Gasteiger partial charge in [0.1, 0.15) is 0 Å². The number of anilines is 2. The van der Waals surface area contributed by atoms with Gasteiger partial charge in [-0.25, -0.2) is 5.43 Å². The summed E-state index contributed by atoms with van der Waals surface area (Å²) in [7, 11) is 1.47. The van der Waals surface area contributed by atoms with Gasteiger partial charge in [-0.05, 0) is 80.3 Å². The molecule has 0 saturated carbocycles. The summed E-state index contributed by atoms with van der Waals surface area (Å²) in [4.78, 5) is 36.6. The molecule has 9 heteroatoms. The van der Waals surface area contributed by atoms with Gasteiger partial charge in [-0.15, -0.1) is 0 Å². The van der Waals surface area contributed by atoms with Crippen LogP contribution in [-0.2, 0) is 14.4 Å². The Balaban J connectivity index is 1.55. The number of carbonyl (C=O) groups excluding carboxylic acids is 3. The predicted molar refractivity (Wildman–Crippen MR) is 143 cm³/mol. The maximum Gasteiger partial charge on any atom is 0.329 e. The molecule has 3 rings (SSSR count). The SMILES string of the molecule is COc1cc(/C=N\NC(=O)C(=O)Nc2cccc(C)c2C)ccc1OCC(=O)Nc1ccc(C)cc1C. The molecule has 3 amide bonds. The van der Waals surface area contributed by atoms with Gasteiger partial charge in [0.15, 0.2) is 18.1 Å². The fraction of sp³-hybridized carbons (Fsp3) is 0.214. The van der Waals surface area contributed by atoms with Crippen LogP contribution in [0.25, 0.3) is 0 Å². The number of rotatable bonds is 8. The van der Waals surface area contributed by atoms with Crippen molar-refractivity contribution in [3.05, 3.63) is 82.4 Å². The molecule has 0 aromatic heterocycles. The van der Waals surface area contributed by atoms with E-state index < -0.39 is 11.8 Å². The summed E-state index contributed by atoms with van der Waals surface area (Å²) in [5.74, 6) is -1.29. The van der Waals surface area contributed by atoms with Crippen molar-refractivity contribution in [3.8, 4) is 11.5 Å². The first-order valence-electron chi connectivity index (χ1n) is 11.6. The van der Waals surface area contributed by atoms with Crippen molar-refractivity contribution in [2.75, 3.05) is 24.4 Å². The molecule has 3 N–H and O–H groups in total. The third-order valence-corrected chi connectivity index (χ3v) is 5.64. The summed E-state index contributed by atoms with van der Waals surface area (Å²) in [5, 5.41) is 9.24. The molecular formula is C28H30N4O5. The van der Waals surface area contributed by atoms with Crippen LogP contribution in [-0.4, -0.2) is 37.7 Å². The topological polar surface area (TPSA) is 118 Å². The smallest absolute Gasteiger partial charge is 0.329 e. The van der Waals surface area contributed by atoms with E-state index in [0.29, 0.717) is 22.7 Å². The molecule has 0 radical (unpaired) electrons. The van der Waals surface area contributed by atoms with Gasteiger partial charge in [0.25, 0.3) is 5.91 Å². The number of hydrogen-bond acceptors (Lipinski definition) is 6. The largest absolute Gasteiger partial charge is 0.493 e. The second-order valence-electron chi connectivity index (χ2n) is 8.47. The molecule has 0 heterocycles. The minimum atomic E-state index is -0.904. The molecule has 0 bridgehead atoms. The Hall–Kier alpha value is -4.66. The van der Waals surface area contributed by atoms with E-state index >= 15 is 0 Å². The van der Waals surface area contributed by atoms with Crippen molar-refractivity contribution in [1.29, 1.82) is 0 Å². The van der Waals surface area contributed by atoms with Crippen LogP contribution < -0.4 is 25.5 Å². The normalized spacial score (nSPS) is 10.6. The third kappa shape index (κ3) is 7.41. The summed E-state index contributed by atoms with van der Waals surface area (Å²) < 4.78 is 11.0. The Morgan fingerprint density at radius 2 is 1.62 bits per heavy atom. The van der Waals surface area contributed by atoms with Crippen molar-refractivity contribution in [2.45, 2.75) is 27.7 Å². The van der Waals surface area contributed by atoms with Crippen LogP contribution in [0.4, 0.5) is 11.4 Å². The Labute approximate surface area is 215 Å². The van der Waals surface area contributed by atoms with E-state index in [9.17, 15) is 14.4 Å². The highest BCUT2D eigenvalue weighted by molar-refractivity contribution is 6.39. The molecule has 3 aromatic rings. The first-order valence-corrected chi connectivity index (χ1v) is 11.6. The lowest BCUT2D eigenvalue weighted by atomic mass is 10.1. The standard InChI is InChI=1S/C28H30N4O5/c1-17-9-11-22(19(3)13-17)30-26(33)16-37-24-12-10-21(14-25(24)36-5)15-29-32-28(35)27(34)31-23-8-6-7-18(2)20(23)4/h6-15H,16H2,1-5H3,(H,30,33)(H,31,34)(H,32,35)/b29-15-. The molecule has 0 aliphatic heterocycles. The molecule has 3 aromatic carbocycles. The lowest BCUT2D eigenvalue weighted by molar-refractivity contribution is -0.136. The van der Waals surface area contributed by atoms with Crippen LogP contribution >= 0.6 is 0 Å². The maximum absolute atomic E-state index is 12.3. The van der Waals surface area contributed by atoms with Gasteiger partial charge in [-0.3, -0.25) is 14.4 Å². The number of nitrogens with one attached hydrogen (secondary N) is 3. The number of ether oxygens (including phenoxy) is 2. The highest BCUT2D eigenvalue weighted by Gasteiger charge is 2.14. The van der Waals surface area contributed by atoms with Crippen molar-refractivity contribution in [2.24, 2.45) is 5.10 Å². The van der Waals surface area contributed by atoms with Crippen molar-refractivity contribution in [1.82, 2.24) is 5.43 Å². The predicted octanol–water partition coefficient (Wildman–Crippen LogP) is 4.04. The Kier molecular flexibility index (Phi) is 8.99. The number of carbonyl (C=O) groups is 3. The van der Waals surface area contributed by atoms with Gasteiger partial charge in [-0.2, -0.15) is 5.10 Å². The Bertz CT molecular complexity index is 1350. The number of hydrogen-bond donors (Lipinski definition) is 3. The first-order chi connectivity index (χ1) is 17.7. The van der Waals surface area contributed by atoms with Gasteiger partial charge in [0.05, 0.1) is 13.3 Å². The monoisotopic (exact) mass is 502 g/mol. The van der Waals surface area contributed by atoms with Crippen LogP contribution in [0.5, 0.6) is 11.5 Å². The molecule has 0 aliphatic rings. The van der Waals surface area contributed by atoms with Gasteiger partial charge < -0.3 is 20.1 Å². The minimum Gasteiger partial charge on any atom is -0.493 e. The molecule has 192 valence electrons. The molecule has 0 aliphatic carbocycles. The maximum atomic E-state index is 12.3. The summed E-state index contributed by atoms with van der Waals surface area (Å²) in [6.45, 7) is 7.48. The molecular weight excluding hydrogens is 472 g/mol. The van der Waals surface area contributed by atoms with Gasteiger partial charge in [0.2, 0.25) is 0 Å². The van der Waals surface area contributed by atoms with Gasteiger partial charge >= 0.3 is 11.8 Å². The van der Waals surface area contributed by atoms with E-state index in [4.69, 9.17) is 9.47 Å². The summed E-state index contributed by atoms with van der Waals surface area (Å²) in [6.07, 6.45) is 1.36. The number of benzene rings is 3. The van der Waals surface area contributed by atoms with Crippen LogP contribution in [0.15, 0.2) is 59.7 Å². The zero-order chi connectivity index (χ0) is 26.9. The number of amides is 3. The van der Waals surface area contributed by atoms with E-state index in [-0.39, 0.29) is 12.5 Å². The molecule has 0 fully saturated rings. The summed E-state index contributed by atoms with van der Waals surface area (Å²) in [6, 6.07) is 16.1. The van der Waals surface area contributed by atoms with E-state index in [0.717, 1.165) is 27.9 Å². The van der Waals surface area contributed by atoms with Crippen molar-refractivity contribution >= 4 is 35.3 Å². The minimum absolute atomic E-state index is 0.206. The highest BCUT2D eigenvalue weighted by atomic mass is 16.5. The van der Waals surface area contributed by atoms with Crippen LogP contribution in [0, 0.1) is 27.7 Å². The summed E-state index contributed by atoms with van der Waals surface area (Å²) in [5.41, 5.74) is 8.02. The fourth-order valence-corrected chi connectivity index (χ4v) is 3.45. The Morgan fingerprint density at radius 1 is 0.838 bits per heavy atom. The Morgan fingerprint density at radius 3 is 2.35 bits per heavy atom. The molecule has 37 heavy (non-hydrogen) atoms. The number of hydrazone groups is 1. The quantitative estimate of drug-likeness (QED) is 0.244. The van der Waals surface area contributed by atoms with E-state index in [1.807, 2.05) is 52.0 Å². The first kappa shape index (κ1) is 26.9. The van der Waals surface area contributed by atoms with Crippen LogP contribution in [0.3, 0.4) is 0 Å². The molecule has 0 spiro atoms. The zero-order valence-electron chi connectivity index (χ0n) is 21.5. The van der Waals surface area contributed by atoms with Crippen LogP contribution in [0.1, 0.15) is 27.8 Å². The average Bonchev–Trinajstić information content (AvgIpc) is 2.87. The average molecular weight is 503 g/mol. The molecule has 0 atom stereocenters. The fourth-order valence-electron chi connectivity index (χ4n) is 3.45. The highest BCUT2D eigenvalue weighted by Crippen LogP contribution is 2.27. The van der Waals surface area contributed by atoms with E-state index in [1.54, 1.807) is 30.3 Å². The van der Waals surface area contributed by atoms with Gasteiger partial charge in [-0.1, -0.05) is 29.8 Å². The lowest BCUT2D eigenvalue weighted by Crippen LogP contribution is -2.32. The van der Waals surface area contributed by atoms with Gasteiger partial charge in [0, 0.05) is 11.4 Å². The molecule has 0 unspecified atom stereocenters. The second kappa shape index (κ2) is 12.3. The van der Waals surface area contributed by atoms with E-state index in [1.165, 1.54) is 13.3 Å². The number of aryl methyl sites for hydroxylation is 3. The second-order valence-corrected chi connectivity index (χ2v) is 8.47. The van der Waals surface area contributed by atoms with Crippen molar-refractivity contribution in [3.63, 3.8) is 0 Å².